The van der Waals surface area contributed by atoms with Crippen molar-refractivity contribution in [1.82, 2.24) is 19.6 Å². The zero-order chi connectivity index (χ0) is 16.9. The zero-order valence-corrected chi connectivity index (χ0v) is 15.1. The van der Waals surface area contributed by atoms with Gasteiger partial charge in [0, 0.05) is 19.0 Å². The van der Waals surface area contributed by atoms with E-state index in [4.69, 9.17) is 0 Å². The molecule has 1 aromatic carbocycles. The number of hydrogen-bond donors (Lipinski definition) is 1. The van der Waals surface area contributed by atoms with Crippen molar-refractivity contribution in [1.29, 1.82) is 0 Å². The minimum atomic E-state index is -0.152. The Hall–Kier alpha value is -1.79. The first-order valence-corrected chi connectivity index (χ1v) is 9.29. The highest BCUT2D eigenvalue weighted by atomic mass is 32.1. The summed E-state index contributed by atoms with van der Waals surface area (Å²) in [7, 11) is 0. The van der Waals surface area contributed by atoms with Crippen LogP contribution >= 0.6 is 11.5 Å². The van der Waals surface area contributed by atoms with Crippen LogP contribution < -0.4 is 5.32 Å². The van der Waals surface area contributed by atoms with Crippen LogP contribution in [0.4, 0.5) is 0 Å². The maximum absolute atomic E-state index is 12.5. The number of benzene rings is 1. The molecular formula is C18H24N4OS. The van der Waals surface area contributed by atoms with E-state index in [9.17, 15) is 4.79 Å². The molecule has 2 heterocycles. The summed E-state index contributed by atoms with van der Waals surface area (Å²) in [5.74, 6) is 1.35. The fourth-order valence-corrected chi connectivity index (χ4v) is 3.73. The van der Waals surface area contributed by atoms with Crippen LogP contribution in [0, 0.1) is 0 Å². The van der Waals surface area contributed by atoms with Crippen LogP contribution in [0.3, 0.4) is 0 Å². The van der Waals surface area contributed by atoms with Crippen LogP contribution in [0.2, 0.25) is 0 Å². The molecule has 24 heavy (non-hydrogen) atoms. The van der Waals surface area contributed by atoms with Gasteiger partial charge in [0.2, 0.25) is 5.91 Å². The second kappa shape index (κ2) is 7.85. The number of hydrogen-bond acceptors (Lipinski definition) is 5. The molecule has 6 heteroatoms. The van der Waals surface area contributed by atoms with Crippen molar-refractivity contribution in [3.05, 3.63) is 46.7 Å². The SMILES string of the molecule is CC(C)c1nsc(CN2CCCNC(=O)C2Cc2ccccc2)n1. The van der Waals surface area contributed by atoms with Crippen molar-refractivity contribution in [2.24, 2.45) is 0 Å². The van der Waals surface area contributed by atoms with Crippen LogP contribution in [0.25, 0.3) is 0 Å². The third-order valence-electron chi connectivity index (χ3n) is 4.28. The highest BCUT2D eigenvalue weighted by Gasteiger charge is 2.29. The normalized spacial score (nSPS) is 19.3. The van der Waals surface area contributed by atoms with Crippen molar-refractivity contribution >= 4 is 17.4 Å². The molecule has 2 aromatic rings. The first-order chi connectivity index (χ1) is 11.6. The molecule has 1 N–H and O–H groups in total. The maximum atomic E-state index is 12.5. The van der Waals surface area contributed by atoms with Gasteiger partial charge < -0.3 is 5.32 Å². The van der Waals surface area contributed by atoms with Crippen LogP contribution in [-0.4, -0.2) is 39.3 Å². The lowest BCUT2D eigenvalue weighted by Crippen LogP contribution is -2.45. The number of rotatable bonds is 5. The Labute approximate surface area is 147 Å². The van der Waals surface area contributed by atoms with E-state index in [1.54, 1.807) is 0 Å². The third-order valence-corrected chi connectivity index (χ3v) is 4.98. The molecular weight excluding hydrogens is 320 g/mol. The Morgan fingerprint density at radius 3 is 2.83 bits per heavy atom. The minimum Gasteiger partial charge on any atom is -0.355 e. The first kappa shape index (κ1) is 17.0. The number of amides is 1. The average Bonchev–Trinajstić information content (AvgIpc) is 2.98. The Balaban J connectivity index is 1.77. The van der Waals surface area contributed by atoms with Gasteiger partial charge >= 0.3 is 0 Å². The van der Waals surface area contributed by atoms with Gasteiger partial charge in [-0.25, -0.2) is 4.98 Å². The molecule has 128 valence electrons. The Kier molecular flexibility index (Phi) is 5.58. The Bertz CT molecular complexity index is 671. The summed E-state index contributed by atoms with van der Waals surface area (Å²) in [5.41, 5.74) is 1.18. The van der Waals surface area contributed by atoms with E-state index in [2.05, 4.69) is 45.6 Å². The number of carbonyl (C=O) groups is 1. The van der Waals surface area contributed by atoms with Gasteiger partial charge in [-0.15, -0.1) is 0 Å². The van der Waals surface area contributed by atoms with E-state index >= 15 is 0 Å². The monoisotopic (exact) mass is 344 g/mol. The van der Waals surface area contributed by atoms with Gasteiger partial charge in [0.25, 0.3) is 0 Å². The van der Waals surface area contributed by atoms with Gasteiger partial charge in [0.15, 0.2) is 0 Å². The van der Waals surface area contributed by atoms with Gasteiger partial charge in [-0.2, -0.15) is 4.37 Å². The molecule has 0 radical (unpaired) electrons. The molecule has 1 atom stereocenters. The van der Waals surface area contributed by atoms with Gasteiger partial charge in [-0.3, -0.25) is 9.69 Å². The minimum absolute atomic E-state index is 0.116. The van der Waals surface area contributed by atoms with Crippen LogP contribution in [0.5, 0.6) is 0 Å². The molecule has 1 saturated heterocycles. The van der Waals surface area contributed by atoms with Crippen molar-refractivity contribution in [2.75, 3.05) is 13.1 Å². The Morgan fingerprint density at radius 1 is 1.33 bits per heavy atom. The smallest absolute Gasteiger partial charge is 0.237 e. The lowest BCUT2D eigenvalue weighted by Gasteiger charge is -2.27. The maximum Gasteiger partial charge on any atom is 0.237 e. The summed E-state index contributed by atoms with van der Waals surface area (Å²) >= 11 is 1.45. The second-order valence-electron chi connectivity index (χ2n) is 6.52. The van der Waals surface area contributed by atoms with Crippen LogP contribution in [0.15, 0.2) is 30.3 Å². The highest BCUT2D eigenvalue weighted by molar-refractivity contribution is 7.05. The van der Waals surface area contributed by atoms with Crippen molar-refractivity contribution in [3.8, 4) is 0 Å². The number of nitrogens with one attached hydrogen (secondary N) is 1. The lowest BCUT2D eigenvalue weighted by molar-refractivity contribution is -0.125. The second-order valence-corrected chi connectivity index (χ2v) is 7.36. The molecule has 3 rings (SSSR count). The standard InChI is InChI=1S/C18H24N4OS/c1-13(2)17-20-16(24-21-17)12-22-10-6-9-19-18(23)15(22)11-14-7-4-3-5-8-14/h3-5,7-8,13,15H,6,9-12H2,1-2H3,(H,19,23). The summed E-state index contributed by atoms with van der Waals surface area (Å²) in [5, 5.41) is 4.03. The molecule has 1 aliphatic heterocycles. The van der Waals surface area contributed by atoms with E-state index in [0.29, 0.717) is 12.5 Å². The van der Waals surface area contributed by atoms with Gasteiger partial charge in [0.1, 0.15) is 10.8 Å². The third kappa shape index (κ3) is 4.19. The Morgan fingerprint density at radius 2 is 2.12 bits per heavy atom. The van der Waals surface area contributed by atoms with Gasteiger partial charge in [-0.05, 0) is 29.9 Å². The molecule has 0 spiro atoms. The molecule has 1 fully saturated rings. The number of aromatic nitrogens is 2. The molecule has 5 nitrogen and oxygen atoms in total. The lowest BCUT2D eigenvalue weighted by atomic mass is 10.0. The largest absolute Gasteiger partial charge is 0.355 e. The molecule has 1 amide bonds. The topological polar surface area (TPSA) is 58.1 Å². The predicted octanol–water partition coefficient (Wildman–Crippen LogP) is 2.59. The highest BCUT2D eigenvalue weighted by Crippen LogP contribution is 2.19. The van der Waals surface area contributed by atoms with Crippen LogP contribution in [0.1, 0.15) is 42.6 Å². The van der Waals surface area contributed by atoms with E-state index in [-0.39, 0.29) is 11.9 Å². The van der Waals surface area contributed by atoms with E-state index in [1.807, 2.05) is 18.2 Å². The van der Waals surface area contributed by atoms with Crippen molar-refractivity contribution in [2.45, 2.75) is 45.2 Å². The fourth-order valence-electron chi connectivity index (χ4n) is 2.92. The summed E-state index contributed by atoms with van der Waals surface area (Å²) in [6.45, 7) is 6.53. The fraction of sp³-hybridized carbons (Fsp3) is 0.500. The molecule has 1 aliphatic rings. The quantitative estimate of drug-likeness (QED) is 0.906. The van der Waals surface area contributed by atoms with E-state index < -0.39 is 0 Å². The van der Waals surface area contributed by atoms with E-state index in [1.165, 1.54) is 17.1 Å². The summed E-state index contributed by atoms with van der Waals surface area (Å²) in [6, 6.07) is 10.1. The average molecular weight is 344 g/mol. The molecule has 0 saturated carbocycles. The first-order valence-electron chi connectivity index (χ1n) is 8.51. The number of nitrogens with zero attached hydrogens (tertiary/aromatic N) is 3. The summed E-state index contributed by atoms with van der Waals surface area (Å²) in [6.07, 6.45) is 1.69. The predicted molar refractivity (Wildman–Crippen MR) is 96.0 cm³/mol. The van der Waals surface area contributed by atoms with Gasteiger partial charge in [0.05, 0.1) is 12.6 Å². The number of carbonyl (C=O) groups excluding carboxylic acids is 1. The van der Waals surface area contributed by atoms with Crippen LogP contribution in [-0.2, 0) is 17.8 Å². The molecule has 1 aromatic heterocycles. The summed E-state index contributed by atoms with van der Waals surface area (Å²) < 4.78 is 4.44. The van der Waals surface area contributed by atoms with Crippen molar-refractivity contribution < 1.29 is 4.79 Å². The van der Waals surface area contributed by atoms with Crippen molar-refractivity contribution in [3.63, 3.8) is 0 Å². The zero-order valence-electron chi connectivity index (χ0n) is 14.2. The van der Waals surface area contributed by atoms with E-state index in [0.717, 1.165) is 36.8 Å². The summed E-state index contributed by atoms with van der Waals surface area (Å²) in [4.78, 5) is 19.4. The molecule has 0 bridgehead atoms. The molecule has 1 unspecified atom stereocenters. The van der Waals surface area contributed by atoms with Gasteiger partial charge in [-0.1, -0.05) is 44.2 Å². The molecule has 0 aliphatic carbocycles.